The van der Waals surface area contributed by atoms with Gasteiger partial charge in [0.05, 0.1) is 29.9 Å². The Morgan fingerprint density at radius 3 is 2.37 bits per heavy atom. The highest BCUT2D eigenvalue weighted by molar-refractivity contribution is 6.04. The first-order valence-electron chi connectivity index (χ1n) is 13.1. The molecule has 0 radical (unpaired) electrons. The molecule has 3 amide bonds. The van der Waals surface area contributed by atoms with Crippen LogP contribution in [0.25, 0.3) is 11.0 Å². The number of nitro groups is 1. The minimum Gasteiger partial charge on any atom is -0.494 e. The monoisotopic (exact) mass is 593 g/mol. The predicted molar refractivity (Wildman–Crippen MR) is 157 cm³/mol. The van der Waals surface area contributed by atoms with Gasteiger partial charge >= 0.3 is 0 Å². The number of nitrogens with two attached hydrogens (primary N) is 2. The summed E-state index contributed by atoms with van der Waals surface area (Å²) in [6.07, 6.45) is 0.363. The maximum atomic E-state index is 13.0. The molecule has 2 aromatic heterocycles. The first kappa shape index (κ1) is 30.3. The highest BCUT2D eigenvalue weighted by Gasteiger charge is 2.23. The number of aromatic nitrogens is 4. The number of nitrogens with one attached hydrogen (secondary N) is 2. The van der Waals surface area contributed by atoms with Crippen molar-refractivity contribution in [1.82, 2.24) is 19.3 Å². The van der Waals surface area contributed by atoms with Crippen LogP contribution in [0.1, 0.15) is 50.2 Å². The lowest BCUT2D eigenvalue weighted by molar-refractivity contribution is -0.384. The van der Waals surface area contributed by atoms with Gasteiger partial charge in [0, 0.05) is 37.3 Å². The zero-order valence-corrected chi connectivity index (χ0v) is 24.0. The second-order valence-electron chi connectivity index (χ2n) is 9.46. The molecule has 16 heteroatoms. The molecule has 4 rings (SSSR count). The second-order valence-corrected chi connectivity index (χ2v) is 9.46. The highest BCUT2D eigenvalue weighted by Crippen LogP contribution is 2.36. The first-order valence-corrected chi connectivity index (χ1v) is 13.1. The van der Waals surface area contributed by atoms with E-state index < -0.39 is 22.6 Å². The van der Waals surface area contributed by atoms with E-state index in [1.165, 1.54) is 25.3 Å². The van der Waals surface area contributed by atoms with E-state index in [0.29, 0.717) is 41.1 Å². The number of carbonyl (C=O) groups excluding carboxylic acids is 3. The lowest BCUT2D eigenvalue weighted by Crippen LogP contribution is -2.19. The maximum absolute atomic E-state index is 13.0. The van der Waals surface area contributed by atoms with Crippen molar-refractivity contribution in [2.24, 2.45) is 18.5 Å². The number of nitro benzene ring substituents is 1. The third kappa shape index (κ3) is 6.32. The summed E-state index contributed by atoms with van der Waals surface area (Å²) in [4.78, 5) is 52.1. The van der Waals surface area contributed by atoms with Gasteiger partial charge in [-0.2, -0.15) is 5.10 Å². The SMILES string of the molecule is CCn1nc(C)cc1C(=O)Nc1nc2cc(C(N)=O)cc(OCCCNc3c(OC)cc(C(N)=O)cc3[N+](=O)[O-])c2n1C. The highest BCUT2D eigenvalue weighted by atomic mass is 16.6. The van der Waals surface area contributed by atoms with E-state index in [1.807, 2.05) is 6.92 Å². The van der Waals surface area contributed by atoms with E-state index in [9.17, 15) is 24.5 Å². The molecule has 0 fully saturated rings. The molecule has 16 nitrogen and oxygen atoms in total. The summed E-state index contributed by atoms with van der Waals surface area (Å²) in [5.74, 6) is -1.32. The normalized spacial score (nSPS) is 10.9. The van der Waals surface area contributed by atoms with Gasteiger partial charge < -0.3 is 30.8 Å². The van der Waals surface area contributed by atoms with Crippen LogP contribution in [0.2, 0.25) is 0 Å². The summed E-state index contributed by atoms with van der Waals surface area (Å²) in [5.41, 5.74) is 12.6. The average Bonchev–Trinajstić information content (AvgIpc) is 3.50. The summed E-state index contributed by atoms with van der Waals surface area (Å²) >= 11 is 0. The van der Waals surface area contributed by atoms with Gasteiger partial charge in [-0.15, -0.1) is 0 Å². The Kier molecular flexibility index (Phi) is 8.78. The van der Waals surface area contributed by atoms with Gasteiger partial charge in [0.1, 0.15) is 22.7 Å². The largest absolute Gasteiger partial charge is 0.494 e. The summed E-state index contributed by atoms with van der Waals surface area (Å²) < 4.78 is 14.4. The molecule has 0 aliphatic heterocycles. The van der Waals surface area contributed by atoms with Crippen molar-refractivity contribution in [2.75, 3.05) is 30.9 Å². The van der Waals surface area contributed by atoms with Gasteiger partial charge in [-0.25, -0.2) is 4.98 Å². The van der Waals surface area contributed by atoms with Crippen LogP contribution in [0, 0.1) is 17.0 Å². The van der Waals surface area contributed by atoms with E-state index in [0.717, 1.165) is 6.07 Å². The molecule has 0 spiro atoms. The zero-order chi connectivity index (χ0) is 31.4. The molecule has 0 bridgehead atoms. The van der Waals surface area contributed by atoms with Gasteiger partial charge in [0.2, 0.25) is 17.8 Å². The molecule has 2 aromatic carbocycles. The number of imidazole rings is 1. The fourth-order valence-corrected chi connectivity index (χ4v) is 4.50. The molecule has 0 aliphatic rings. The topological polar surface area (TPSA) is 225 Å². The Balaban J connectivity index is 1.53. The fourth-order valence-electron chi connectivity index (χ4n) is 4.50. The molecule has 43 heavy (non-hydrogen) atoms. The van der Waals surface area contributed by atoms with Crippen molar-refractivity contribution >= 4 is 46.1 Å². The molecular formula is C27H31N9O7. The number of aryl methyl sites for hydroxylation is 3. The fraction of sp³-hybridized carbons (Fsp3) is 0.296. The number of fused-ring (bicyclic) bond motifs is 1. The van der Waals surface area contributed by atoms with Crippen molar-refractivity contribution in [2.45, 2.75) is 26.8 Å². The minimum atomic E-state index is -0.827. The van der Waals surface area contributed by atoms with E-state index >= 15 is 0 Å². The van der Waals surface area contributed by atoms with Crippen molar-refractivity contribution in [3.63, 3.8) is 0 Å². The lowest BCUT2D eigenvalue weighted by atomic mass is 10.1. The quantitative estimate of drug-likeness (QED) is 0.100. The third-order valence-corrected chi connectivity index (χ3v) is 6.54. The molecule has 0 atom stereocenters. The Labute approximate surface area is 245 Å². The van der Waals surface area contributed by atoms with Crippen LogP contribution in [0.4, 0.5) is 17.3 Å². The minimum absolute atomic E-state index is 0.0615. The van der Waals surface area contributed by atoms with Gasteiger partial charge in [-0.05, 0) is 44.5 Å². The van der Waals surface area contributed by atoms with Gasteiger partial charge in [0.25, 0.3) is 11.6 Å². The van der Waals surface area contributed by atoms with Gasteiger partial charge in [-0.1, -0.05) is 0 Å². The summed E-state index contributed by atoms with van der Waals surface area (Å²) in [6, 6.07) is 7.05. The molecule has 0 aliphatic carbocycles. The third-order valence-electron chi connectivity index (χ3n) is 6.54. The predicted octanol–water partition coefficient (Wildman–Crippen LogP) is 2.35. The van der Waals surface area contributed by atoms with E-state index in [4.69, 9.17) is 20.9 Å². The van der Waals surface area contributed by atoms with E-state index in [1.54, 1.807) is 29.3 Å². The number of primary amides is 2. The van der Waals surface area contributed by atoms with Gasteiger partial charge in [-0.3, -0.25) is 34.5 Å². The van der Waals surface area contributed by atoms with Crippen LogP contribution in [0.5, 0.6) is 11.5 Å². The zero-order valence-electron chi connectivity index (χ0n) is 24.0. The number of anilines is 2. The van der Waals surface area contributed by atoms with E-state index in [2.05, 4.69) is 20.7 Å². The van der Waals surface area contributed by atoms with Crippen LogP contribution in [0.3, 0.4) is 0 Å². The Hall–Kier alpha value is -5.67. The number of nitrogens with zero attached hydrogens (tertiary/aromatic N) is 5. The Morgan fingerprint density at radius 1 is 1.07 bits per heavy atom. The molecular weight excluding hydrogens is 562 g/mol. The summed E-state index contributed by atoms with van der Waals surface area (Å²) in [6.45, 7) is 4.53. The Morgan fingerprint density at radius 2 is 1.74 bits per heavy atom. The average molecular weight is 594 g/mol. The number of hydrogen-bond donors (Lipinski definition) is 4. The van der Waals surface area contributed by atoms with Gasteiger partial charge in [0.15, 0.2) is 5.69 Å². The second kappa shape index (κ2) is 12.5. The molecule has 2 heterocycles. The van der Waals surface area contributed by atoms with Crippen molar-refractivity contribution in [1.29, 1.82) is 0 Å². The van der Waals surface area contributed by atoms with Crippen LogP contribution in [-0.4, -0.2) is 62.2 Å². The maximum Gasteiger partial charge on any atom is 0.296 e. The van der Waals surface area contributed by atoms with E-state index in [-0.39, 0.29) is 47.4 Å². The van der Waals surface area contributed by atoms with Crippen LogP contribution in [-0.2, 0) is 13.6 Å². The molecule has 0 unspecified atom stereocenters. The molecule has 0 saturated heterocycles. The number of ether oxygens (including phenoxy) is 2. The summed E-state index contributed by atoms with van der Waals surface area (Å²) in [7, 11) is 3.01. The number of benzene rings is 2. The van der Waals surface area contributed by atoms with Crippen molar-refractivity contribution in [3.8, 4) is 11.5 Å². The molecule has 0 saturated carbocycles. The van der Waals surface area contributed by atoms with Crippen LogP contribution < -0.4 is 31.6 Å². The first-order chi connectivity index (χ1) is 20.4. The lowest BCUT2D eigenvalue weighted by Gasteiger charge is -2.14. The van der Waals surface area contributed by atoms with Crippen molar-refractivity contribution in [3.05, 3.63) is 63.0 Å². The van der Waals surface area contributed by atoms with Crippen LogP contribution >= 0.6 is 0 Å². The smallest absolute Gasteiger partial charge is 0.296 e. The molecule has 6 N–H and O–H groups in total. The Bertz CT molecular complexity index is 1740. The number of rotatable bonds is 13. The number of amides is 3. The van der Waals surface area contributed by atoms with Crippen molar-refractivity contribution < 1.29 is 28.8 Å². The number of hydrogen-bond acceptors (Lipinski definition) is 10. The number of carbonyl (C=O) groups is 3. The summed E-state index contributed by atoms with van der Waals surface area (Å²) in [5, 5.41) is 21.7. The standard InChI is InChI=1S/C27H31N9O7/c1-5-35-19(9-14(2)33-35)26(39)32-27-31-17-10-15(24(28)37)13-21(23(17)34(27)3)43-8-6-7-30-22-18(36(40)41)11-16(25(29)38)12-20(22)42-4/h9-13,30H,5-8H2,1-4H3,(H2,28,37)(H2,29,38)(H,31,32,39). The number of methoxy groups -OCH3 is 1. The molecule has 4 aromatic rings. The molecule has 226 valence electrons. The van der Waals surface area contributed by atoms with Crippen LogP contribution in [0.15, 0.2) is 30.3 Å².